The van der Waals surface area contributed by atoms with Crippen molar-refractivity contribution in [3.05, 3.63) is 82.0 Å². The molecule has 1 amide bonds. The fourth-order valence-electron chi connectivity index (χ4n) is 5.10. The van der Waals surface area contributed by atoms with Crippen molar-refractivity contribution in [1.29, 1.82) is 0 Å². The van der Waals surface area contributed by atoms with Gasteiger partial charge < -0.3 is 15.4 Å². The number of halogens is 3. The summed E-state index contributed by atoms with van der Waals surface area (Å²) in [6.45, 7) is 0.256. The maximum atomic E-state index is 14.6. The van der Waals surface area contributed by atoms with Crippen LogP contribution in [0.25, 0.3) is 21.2 Å². The van der Waals surface area contributed by atoms with Gasteiger partial charge in [-0.15, -0.1) is 11.3 Å². The van der Waals surface area contributed by atoms with E-state index in [4.69, 9.17) is 22.1 Å². The van der Waals surface area contributed by atoms with Crippen LogP contribution in [-0.2, 0) is 13.6 Å². The minimum Gasteiger partial charge on any atom is -0.496 e. The van der Waals surface area contributed by atoms with Crippen LogP contribution in [0.5, 0.6) is 5.75 Å². The van der Waals surface area contributed by atoms with Crippen LogP contribution in [0.4, 0.5) is 8.78 Å². The largest absolute Gasteiger partial charge is 0.496 e. The van der Waals surface area contributed by atoms with Crippen molar-refractivity contribution >= 4 is 38.9 Å². The third-order valence-corrected chi connectivity index (χ3v) is 8.93. The number of methoxy groups -OCH3 is 1. The average molecular weight is 557 g/mol. The number of pyridine rings is 1. The van der Waals surface area contributed by atoms with Crippen LogP contribution >= 0.6 is 22.9 Å². The number of aromatic nitrogens is 1. The molecule has 2 aromatic heterocycles. The van der Waals surface area contributed by atoms with Gasteiger partial charge in [0.15, 0.2) is 12.4 Å². The van der Waals surface area contributed by atoms with E-state index in [0.717, 1.165) is 65.8 Å². The molecule has 5 nitrogen and oxygen atoms in total. The van der Waals surface area contributed by atoms with Crippen molar-refractivity contribution in [2.45, 2.75) is 44.3 Å². The molecule has 0 atom stereocenters. The lowest BCUT2D eigenvalue weighted by Gasteiger charge is -2.36. The second kappa shape index (κ2) is 11.0. The molecule has 5 rings (SSSR count). The number of rotatable bonds is 6. The number of fused-ring (bicyclic) bond motifs is 1. The molecule has 0 aliphatic heterocycles. The predicted octanol–water partition coefficient (Wildman–Crippen LogP) is 6.25. The van der Waals surface area contributed by atoms with Crippen LogP contribution in [0.3, 0.4) is 0 Å². The number of thiophene rings is 1. The first-order valence-electron chi connectivity index (χ1n) is 12.5. The Morgan fingerprint density at radius 3 is 2.42 bits per heavy atom. The lowest BCUT2D eigenvalue weighted by atomic mass is 9.90. The van der Waals surface area contributed by atoms with Gasteiger partial charge in [0.25, 0.3) is 5.91 Å². The molecule has 9 heteroatoms. The minimum atomic E-state index is -0.650. The van der Waals surface area contributed by atoms with E-state index in [2.05, 4.69) is 0 Å². The number of benzene rings is 2. The Morgan fingerprint density at radius 2 is 1.76 bits per heavy atom. The summed E-state index contributed by atoms with van der Waals surface area (Å²) < 4.78 is 36.8. The molecule has 0 spiro atoms. The number of carbonyl (C=O) groups is 1. The smallest absolute Gasteiger partial charge is 0.266 e. The number of amides is 1. The van der Waals surface area contributed by atoms with Crippen LogP contribution in [0.15, 0.2) is 54.9 Å². The fraction of sp³-hybridized carbons (Fsp3) is 0.310. The second-order valence-electron chi connectivity index (χ2n) is 9.76. The highest BCUT2D eigenvalue weighted by Gasteiger charge is 2.32. The maximum Gasteiger partial charge on any atom is 0.266 e. The zero-order valence-corrected chi connectivity index (χ0v) is 22.8. The van der Waals surface area contributed by atoms with Crippen molar-refractivity contribution in [3.8, 4) is 16.9 Å². The number of nitrogens with zero attached hydrogens (tertiary/aromatic N) is 2. The Kier molecular flexibility index (Phi) is 7.66. The summed E-state index contributed by atoms with van der Waals surface area (Å²) in [6.07, 6.45) is 6.99. The quantitative estimate of drug-likeness (QED) is 0.286. The SMILES string of the molecule is COc1ccc(-c2cc[n+](C)cc2)cc1CN(C(=O)c1sc2c(F)ccc(F)c2c1Cl)[C@H]1CC[C@@H](N)CC1. The van der Waals surface area contributed by atoms with Gasteiger partial charge in [-0.05, 0) is 61.1 Å². The zero-order valence-electron chi connectivity index (χ0n) is 21.2. The third kappa shape index (κ3) is 5.13. The Balaban J connectivity index is 1.56. The zero-order chi connectivity index (χ0) is 27.0. The Labute approximate surface area is 229 Å². The van der Waals surface area contributed by atoms with Gasteiger partial charge in [0.1, 0.15) is 29.3 Å². The molecule has 2 N–H and O–H groups in total. The van der Waals surface area contributed by atoms with Gasteiger partial charge in [0.2, 0.25) is 0 Å². The number of hydrogen-bond acceptors (Lipinski definition) is 4. The summed E-state index contributed by atoms with van der Waals surface area (Å²) in [4.78, 5) is 16.0. The topological polar surface area (TPSA) is 59.4 Å². The molecule has 1 saturated carbocycles. The highest BCUT2D eigenvalue weighted by Crippen LogP contribution is 2.40. The summed E-state index contributed by atoms with van der Waals surface area (Å²) in [6, 6.07) is 12.0. The van der Waals surface area contributed by atoms with E-state index in [9.17, 15) is 13.6 Å². The van der Waals surface area contributed by atoms with E-state index in [0.29, 0.717) is 5.75 Å². The first-order chi connectivity index (χ1) is 18.3. The van der Waals surface area contributed by atoms with Gasteiger partial charge in [0, 0.05) is 36.3 Å². The van der Waals surface area contributed by atoms with E-state index in [1.165, 1.54) is 0 Å². The molecule has 2 heterocycles. The number of nitrogens with two attached hydrogens (primary N) is 1. The third-order valence-electron chi connectivity index (χ3n) is 7.25. The molecule has 1 fully saturated rings. The number of hydrogen-bond donors (Lipinski definition) is 1. The molecule has 2 aromatic carbocycles. The van der Waals surface area contributed by atoms with Crippen LogP contribution in [0.1, 0.15) is 40.9 Å². The molecule has 198 valence electrons. The molecule has 0 unspecified atom stereocenters. The van der Waals surface area contributed by atoms with Gasteiger partial charge in [-0.3, -0.25) is 4.79 Å². The van der Waals surface area contributed by atoms with Crippen LogP contribution in [0, 0.1) is 11.6 Å². The lowest BCUT2D eigenvalue weighted by molar-refractivity contribution is -0.671. The van der Waals surface area contributed by atoms with Crippen LogP contribution in [-0.4, -0.2) is 30.0 Å². The summed E-state index contributed by atoms with van der Waals surface area (Å²) in [5, 5.41) is -0.107. The second-order valence-corrected chi connectivity index (χ2v) is 11.2. The molecule has 0 radical (unpaired) electrons. The molecule has 1 aliphatic rings. The predicted molar refractivity (Wildman–Crippen MR) is 146 cm³/mol. The standard InChI is InChI=1S/C29H29ClF2N3O2S/c1-34-13-11-17(12-14-34)18-3-10-24(37-2)19(15-18)16-35(21-6-4-20(33)5-7-21)29(36)28-26(30)25-22(31)8-9-23(32)27(25)38-28/h3,8-15,20-21H,4-7,16,33H2,1-2H3/q+1/t20-,21+. The van der Waals surface area contributed by atoms with Gasteiger partial charge in [-0.25, -0.2) is 13.3 Å². The van der Waals surface area contributed by atoms with E-state index in [-0.39, 0.29) is 44.5 Å². The molecule has 1 aliphatic carbocycles. The Morgan fingerprint density at radius 1 is 1.08 bits per heavy atom. The number of aryl methyl sites for hydroxylation is 1. The normalized spacial score (nSPS) is 17.5. The first kappa shape index (κ1) is 26.5. The lowest BCUT2D eigenvalue weighted by Crippen LogP contribution is -2.43. The summed E-state index contributed by atoms with van der Waals surface area (Å²) in [5.41, 5.74) is 9.01. The van der Waals surface area contributed by atoms with Gasteiger partial charge in [-0.1, -0.05) is 17.7 Å². The van der Waals surface area contributed by atoms with Crippen molar-refractivity contribution < 1.29 is 22.9 Å². The molecule has 4 aromatic rings. The van der Waals surface area contributed by atoms with Gasteiger partial charge in [0.05, 0.1) is 22.2 Å². The highest BCUT2D eigenvalue weighted by atomic mass is 35.5. The van der Waals surface area contributed by atoms with Crippen molar-refractivity contribution in [1.82, 2.24) is 4.90 Å². The van der Waals surface area contributed by atoms with Gasteiger partial charge in [-0.2, -0.15) is 0 Å². The minimum absolute atomic E-state index is 0.0424. The van der Waals surface area contributed by atoms with Crippen molar-refractivity contribution in [2.75, 3.05) is 7.11 Å². The van der Waals surface area contributed by atoms with Crippen molar-refractivity contribution in [3.63, 3.8) is 0 Å². The van der Waals surface area contributed by atoms with E-state index >= 15 is 0 Å². The van der Waals surface area contributed by atoms with Gasteiger partial charge >= 0.3 is 0 Å². The maximum absolute atomic E-state index is 14.6. The Hall–Kier alpha value is -3.07. The molecule has 0 bridgehead atoms. The first-order valence-corrected chi connectivity index (χ1v) is 13.7. The van der Waals surface area contributed by atoms with Crippen LogP contribution < -0.4 is 15.0 Å². The van der Waals surface area contributed by atoms with Crippen LogP contribution in [0.2, 0.25) is 5.02 Å². The summed E-state index contributed by atoms with van der Waals surface area (Å²) >= 11 is 7.42. The Bertz CT molecular complexity index is 1480. The monoisotopic (exact) mass is 556 g/mol. The molecular formula is C29H29ClF2N3O2S+. The summed E-state index contributed by atoms with van der Waals surface area (Å²) in [5.74, 6) is -0.953. The van der Waals surface area contributed by atoms with E-state index in [1.54, 1.807) is 12.0 Å². The summed E-state index contributed by atoms with van der Waals surface area (Å²) in [7, 11) is 3.56. The van der Waals surface area contributed by atoms with E-state index < -0.39 is 11.6 Å². The fourth-order valence-corrected chi connectivity index (χ4v) is 6.61. The molecule has 0 saturated heterocycles. The average Bonchev–Trinajstić information content (AvgIpc) is 3.28. The molecular weight excluding hydrogens is 528 g/mol. The number of carbonyl (C=O) groups excluding carboxylic acids is 1. The number of ether oxygens (including phenoxy) is 1. The highest BCUT2D eigenvalue weighted by molar-refractivity contribution is 7.21. The van der Waals surface area contributed by atoms with Crippen molar-refractivity contribution in [2.24, 2.45) is 12.8 Å². The van der Waals surface area contributed by atoms with E-state index in [1.807, 2.05) is 54.3 Å². The molecule has 38 heavy (non-hydrogen) atoms.